The number of nitrogens with one attached hydrogen (secondary N) is 2. The van der Waals surface area contributed by atoms with E-state index in [1.165, 1.54) is 23.2 Å². The summed E-state index contributed by atoms with van der Waals surface area (Å²) in [5, 5.41) is 13.9. The van der Waals surface area contributed by atoms with Crippen LogP contribution in [0.1, 0.15) is 23.3 Å². The third-order valence-electron chi connectivity index (χ3n) is 5.86. The zero-order valence-electron chi connectivity index (χ0n) is 17.5. The van der Waals surface area contributed by atoms with Gasteiger partial charge >= 0.3 is 6.03 Å². The Morgan fingerprint density at radius 2 is 2.12 bits per heavy atom. The van der Waals surface area contributed by atoms with Crippen LogP contribution < -0.4 is 25.2 Å². The second-order valence-corrected chi connectivity index (χ2v) is 8.17. The molecule has 0 aromatic carbocycles. The van der Waals surface area contributed by atoms with Crippen molar-refractivity contribution in [2.75, 3.05) is 41.4 Å². The summed E-state index contributed by atoms with van der Waals surface area (Å²) >= 11 is 0. The van der Waals surface area contributed by atoms with E-state index in [4.69, 9.17) is 9.84 Å². The van der Waals surface area contributed by atoms with Crippen LogP contribution in [0.5, 0.6) is 5.75 Å². The topological polar surface area (TPSA) is 120 Å². The van der Waals surface area contributed by atoms with E-state index in [2.05, 4.69) is 25.5 Å². The molecule has 1 saturated carbocycles. The van der Waals surface area contributed by atoms with E-state index in [1.54, 1.807) is 12.1 Å². The molecule has 4 heterocycles. The summed E-state index contributed by atoms with van der Waals surface area (Å²) in [4.78, 5) is 37.8. The number of amides is 3. The van der Waals surface area contributed by atoms with Gasteiger partial charge in [0.25, 0.3) is 11.8 Å². The van der Waals surface area contributed by atoms with Crippen LogP contribution in [0.3, 0.4) is 0 Å². The molecule has 1 saturated heterocycles. The molecule has 0 spiro atoms. The van der Waals surface area contributed by atoms with Gasteiger partial charge in [0.2, 0.25) is 0 Å². The Kier molecular flexibility index (Phi) is 5.23. The molecule has 3 N–H and O–H groups in total. The van der Waals surface area contributed by atoms with Crippen LogP contribution in [-0.2, 0) is 0 Å². The van der Waals surface area contributed by atoms with Gasteiger partial charge < -0.3 is 20.1 Å². The Morgan fingerprint density at radius 1 is 1.30 bits per heavy atom. The SMILES string of the molecule is O=C(NC1CC1(F)F)c1ccc2c(n1)N(C(=O)Nc1cc(OCCO)ccn1)[C@H]1CCN2C1. The minimum Gasteiger partial charge on any atom is -0.491 e. The number of nitrogens with zero attached hydrogens (tertiary/aromatic N) is 4. The lowest BCUT2D eigenvalue weighted by atomic mass is 10.1. The average molecular weight is 460 g/mol. The first kappa shape index (κ1) is 21.3. The molecule has 10 nitrogen and oxygen atoms in total. The van der Waals surface area contributed by atoms with Crippen molar-refractivity contribution < 1.29 is 28.2 Å². The number of urea groups is 1. The van der Waals surface area contributed by atoms with Crippen LogP contribution in [0, 0.1) is 0 Å². The van der Waals surface area contributed by atoms with E-state index < -0.39 is 23.9 Å². The summed E-state index contributed by atoms with van der Waals surface area (Å²) in [6.45, 7) is 1.31. The number of alkyl halides is 2. The zero-order chi connectivity index (χ0) is 23.2. The van der Waals surface area contributed by atoms with Crippen molar-refractivity contribution in [3.63, 3.8) is 0 Å². The molecular weight excluding hydrogens is 438 g/mol. The van der Waals surface area contributed by atoms with E-state index >= 15 is 0 Å². The molecule has 33 heavy (non-hydrogen) atoms. The van der Waals surface area contributed by atoms with Crippen LogP contribution in [0.2, 0.25) is 0 Å². The highest BCUT2D eigenvalue weighted by atomic mass is 19.3. The van der Waals surface area contributed by atoms with Gasteiger partial charge in [-0.05, 0) is 24.6 Å². The minimum absolute atomic E-state index is 0.0331. The number of pyridine rings is 2. The van der Waals surface area contributed by atoms with Crippen molar-refractivity contribution in [3.05, 3.63) is 36.2 Å². The van der Waals surface area contributed by atoms with Gasteiger partial charge in [0.1, 0.15) is 23.9 Å². The highest BCUT2D eigenvalue weighted by molar-refractivity contribution is 6.05. The Hall–Kier alpha value is -3.54. The van der Waals surface area contributed by atoms with Crippen LogP contribution >= 0.6 is 0 Å². The average Bonchev–Trinajstić information content (AvgIpc) is 3.18. The number of aromatic nitrogens is 2. The molecule has 3 amide bonds. The van der Waals surface area contributed by atoms with E-state index in [-0.39, 0.29) is 37.2 Å². The molecule has 174 valence electrons. The highest BCUT2D eigenvalue weighted by Crippen LogP contribution is 2.42. The third kappa shape index (κ3) is 4.13. The normalized spacial score (nSPS) is 21.9. The molecule has 2 aliphatic heterocycles. The molecule has 1 aliphatic carbocycles. The van der Waals surface area contributed by atoms with Crippen molar-refractivity contribution in [2.24, 2.45) is 0 Å². The third-order valence-corrected chi connectivity index (χ3v) is 5.86. The maximum absolute atomic E-state index is 13.2. The Bertz CT molecular complexity index is 1100. The largest absolute Gasteiger partial charge is 0.491 e. The zero-order valence-corrected chi connectivity index (χ0v) is 17.5. The number of hydrogen-bond acceptors (Lipinski definition) is 7. The summed E-state index contributed by atoms with van der Waals surface area (Å²) < 4.78 is 31.7. The quantitative estimate of drug-likeness (QED) is 0.599. The van der Waals surface area contributed by atoms with Crippen molar-refractivity contribution in [2.45, 2.75) is 30.8 Å². The molecule has 3 aliphatic rings. The summed E-state index contributed by atoms with van der Waals surface area (Å²) in [6.07, 6.45) is 1.80. The number of carbonyl (C=O) groups is 2. The number of aliphatic hydroxyl groups excluding tert-OH is 1. The monoisotopic (exact) mass is 460 g/mol. The standard InChI is InChI=1S/C21H22F2N6O4/c22-21(23)10-16(21)26-19(31)14-1-2-15-18(25-14)29(12-4-6-28(15)11-12)20(32)27-17-9-13(3-5-24-17)33-8-7-30/h1-3,5,9,12,16,30H,4,6-8,10-11H2,(H,26,31)(H,24,27,32)/t12-,16?/m0/s1. The molecular formula is C21H22F2N6O4. The van der Waals surface area contributed by atoms with Gasteiger partial charge in [-0.25, -0.2) is 23.5 Å². The molecule has 2 aromatic heterocycles. The maximum atomic E-state index is 13.2. The highest BCUT2D eigenvalue weighted by Gasteiger charge is 2.58. The first-order chi connectivity index (χ1) is 15.9. The summed E-state index contributed by atoms with van der Waals surface area (Å²) in [5.41, 5.74) is 0.662. The van der Waals surface area contributed by atoms with Gasteiger partial charge in [-0.2, -0.15) is 0 Å². The van der Waals surface area contributed by atoms with Gasteiger partial charge in [0.05, 0.1) is 24.4 Å². The van der Waals surface area contributed by atoms with E-state index in [0.29, 0.717) is 30.2 Å². The lowest BCUT2D eigenvalue weighted by molar-refractivity contribution is 0.0845. The fourth-order valence-corrected chi connectivity index (χ4v) is 4.10. The fourth-order valence-electron chi connectivity index (χ4n) is 4.10. The summed E-state index contributed by atoms with van der Waals surface area (Å²) in [6, 6.07) is 4.48. The summed E-state index contributed by atoms with van der Waals surface area (Å²) in [7, 11) is 0. The van der Waals surface area contributed by atoms with Gasteiger partial charge in [-0.15, -0.1) is 0 Å². The molecule has 12 heteroatoms. The van der Waals surface area contributed by atoms with Gasteiger partial charge in [-0.1, -0.05) is 0 Å². The Balaban J connectivity index is 1.38. The summed E-state index contributed by atoms with van der Waals surface area (Å²) in [5.74, 6) is -2.60. The number of fused-ring (bicyclic) bond motifs is 4. The Labute approximate surface area is 187 Å². The predicted molar refractivity (Wildman–Crippen MR) is 114 cm³/mol. The smallest absolute Gasteiger partial charge is 0.329 e. The molecule has 1 unspecified atom stereocenters. The molecule has 0 radical (unpaired) electrons. The number of hydrogen-bond donors (Lipinski definition) is 3. The minimum atomic E-state index is -2.89. The Morgan fingerprint density at radius 3 is 2.88 bits per heavy atom. The van der Waals surface area contributed by atoms with Crippen LogP contribution in [-0.4, -0.2) is 71.3 Å². The van der Waals surface area contributed by atoms with Gasteiger partial charge in [0.15, 0.2) is 5.82 Å². The van der Waals surface area contributed by atoms with Crippen molar-refractivity contribution in [3.8, 4) is 5.75 Å². The number of ether oxygens (including phenoxy) is 1. The number of aliphatic hydroxyl groups is 1. The number of halogens is 2. The molecule has 2 bridgehead atoms. The van der Waals surface area contributed by atoms with Crippen LogP contribution in [0.25, 0.3) is 0 Å². The maximum Gasteiger partial charge on any atom is 0.329 e. The number of carbonyl (C=O) groups excluding carboxylic acids is 2. The fraction of sp³-hybridized carbons (Fsp3) is 0.429. The van der Waals surface area contributed by atoms with E-state index in [9.17, 15) is 18.4 Å². The second kappa shape index (κ2) is 8.10. The van der Waals surface area contributed by atoms with Crippen molar-refractivity contribution in [1.29, 1.82) is 0 Å². The van der Waals surface area contributed by atoms with E-state index in [0.717, 1.165) is 6.54 Å². The predicted octanol–water partition coefficient (Wildman–Crippen LogP) is 1.62. The van der Waals surface area contributed by atoms with Crippen LogP contribution in [0.15, 0.2) is 30.5 Å². The molecule has 5 rings (SSSR count). The lowest BCUT2D eigenvalue weighted by Gasteiger charge is -2.35. The lowest BCUT2D eigenvalue weighted by Crippen LogP contribution is -2.48. The van der Waals surface area contributed by atoms with E-state index in [1.807, 2.05) is 0 Å². The first-order valence-electron chi connectivity index (χ1n) is 10.6. The van der Waals surface area contributed by atoms with Gasteiger partial charge in [0, 0.05) is 31.8 Å². The van der Waals surface area contributed by atoms with Gasteiger partial charge in [-0.3, -0.25) is 15.0 Å². The first-order valence-corrected chi connectivity index (χ1v) is 10.6. The number of rotatable bonds is 6. The van der Waals surface area contributed by atoms with Crippen molar-refractivity contribution in [1.82, 2.24) is 15.3 Å². The van der Waals surface area contributed by atoms with Crippen LogP contribution in [0.4, 0.5) is 30.9 Å². The molecule has 2 aromatic rings. The molecule has 2 atom stereocenters. The molecule has 2 fully saturated rings. The number of anilines is 3. The second-order valence-electron chi connectivity index (χ2n) is 8.17. The van der Waals surface area contributed by atoms with Crippen molar-refractivity contribution >= 4 is 29.3 Å².